The van der Waals surface area contributed by atoms with Gasteiger partial charge in [0, 0.05) is 15.4 Å². The van der Waals surface area contributed by atoms with Crippen LogP contribution in [0.5, 0.6) is 0 Å². The van der Waals surface area contributed by atoms with Gasteiger partial charge in [0.2, 0.25) is 0 Å². The monoisotopic (exact) mass is 402 g/mol. The van der Waals surface area contributed by atoms with Crippen molar-refractivity contribution in [2.45, 2.75) is 6.42 Å². The van der Waals surface area contributed by atoms with Gasteiger partial charge in [-0.2, -0.15) is 0 Å². The molecule has 0 saturated carbocycles. The first-order valence-corrected chi connectivity index (χ1v) is 8.45. The van der Waals surface area contributed by atoms with E-state index in [2.05, 4.69) is 15.0 Å². The van der Waals surface area contributed by atoms with Gasteiger partial charge in [-0.15, -0.1) is 11.3 Å². The molecule has 0 bridgehead atoms. The summed E-state index contributed by atoms with van der Waals surface area (Å²) in [6.07, 6.45) is 0.00732. The van der Waals surface area contributed by atoms with E-state index in [1.807, 2.05) is 0 Å². The van der Waals surface area contributed by atoms with Crippen LogP contribution in [-0.2, 0) is 25.5 Å². The summed E-state index contributed by atoms with van der Waals surface area (Å²) in [6.45, 7) is -0.505. The number of carbonyl (C=O) groups excluding carboxylic acids is 3. The fourth-order valence-electron chi connectivity index (χ4n) is 1.71. The molecular weight excluding hydrogens is 391 g/mol. The topological polar surface area (TPSA) is 94.6 Å². The predicted octanol–water partition coefficient (Wildman–Crippen LogP) is 2.96. The third kappa shape index (κ3) is 6.00. The maximum absolute atomic E-state index is 11.9. The van der Waals surface area contributed by atoms with Crippen LogP contribution < -0.4 is 5.32 Å². The summed E-state index contributed by atoms with van der Waals surface area (Å²) in [5, 5.41) is 4.94. The number of nitrogens with one attached hydrogen (secondary N) is 1. The Kier molecular flexibility index (Phi) is 6.74. The van der Waals surface area contributed by atoms with Crippen LogP contribution in [0.3, 0.4) is 0 Å². The summed E-state index contributed by atoms with van der Waals surface area (Å²) in [5.41, 5.74) is 0.609. The first-order valence-electron chi connectivity index (χ1n) is 6.81. The van der Waals surface area contributed by atoms with Crippen molar-refractivity contribution < 1.29 is 23.9 Å². The SMILES string of the molecule is COC(=O)Cc1csc(NC(=O)COC(=O)c2cc(Cl)cc(Cl)c2)n1. The van der Waals surface area contributed by atoms with Crippen molar-refractivity contribution >= 4 is 57.5 Å². The second-order valence-corrected chi connectivity index (χ2v) is 6.41. The number of ether oxygens (including phenoxy) is 2. The fourth-order valence-corrected chi connectivity index (χ4v) is 2.96. The number of esters is 2. The van der Waals surface area contributed by atoms with E-state index in [1.165, 1.54) is 25.3 Å². The minimum Gasteiger partial charge on any atom is -0.469 e. The van der Waals surface area contributed by atoms with E-state index in [0.29, 0.717) is 5.69 Å². The number of anilines is 1. The van der Waals surface area contributed by atoms with Crippen molar-refractivity contribution in [3.63, 3.8) is 0 Å². The Morgan fingerprint density at radius 3 is 2.52 bits per heavy atom. The van der Waals surface area contributed by atoms with Crippen molar-refractivity contribution in [1.29, 1.82) is 0 Å². The number of nitrogens with zero attached hydrogens (tertiary/aromatic N) is 1. The standard InChI is InChI=1S/C15H12Cl2N2O5S/c1-23-13(21)5-11-7-25-15(18-11)19-12(20)6-24-14(22)8-2-9(16)4-10(17)3-8/h2-4,7H,5-6H2,1H3,(H,18,19,20). The number of halogens is 2. The molecule has 25 heavy (non-hydrogen) atoms. The Bertz CT molecular complexity index is 789. The lowest BCUT2D eigenvalue weighted by Gasteiger charge is -2.05. The van der Waals surface area contributed by atoms with Crippen LogP contribution in [0.2, 0.25) is 10.0 Å². The summed E-state index contributed by atoms with van der Waals surface area (Å²) in [4.78, 5) is 38.9. The largest absolute Gasteiger partial charge is 0.469 e. The van der Waals surface area contributed by atoms with E-state index in [0.717, 1.165) is 11.3 Å². The van der Waals surface area contributed by atoms with Crippen molar-refractivity contribution in [3.05, 3.63) is 44.9 Å². The van der Waals surface area contributed by atoms with Gasteiger partial charge in [0.05, 0.1) is 24.8 Å². The van der Waals surface area contributed by atoms with E-state index in [1.54, 1.807) is 5.38 Å². The van der Waals surface area contributed by atoms with Gasteiger partial charge in [-0.3, -0.25) is 14.9 Å². The number of methoxy groups -OCH3 is 1. The molecule has 7 nitrogen and oxygen atoms in total. The molecule has 2 rings (SSSR count). The quantitative estimate of drug-likeness (QED) is 0.746. The second kappa shape index (κ2) is 8.80. The minimum absolute atomic E-state index is 0.00732. The van der Waals surface area contributed by atoms with Gasteiger partial charge in [0.25, 0.3) is 5.91 Å². The number of carbonyl (C=O) groups is 3. The second-order valence-electron chi connectivity index (χ2n) is 4.68. The summed E-state index contributed by atoms with van der Waals surface area (Å²) < 4.78 is 9.43. The molecule has 10 heteroatoms. The average molecular weight is 403 g/mol. The fraction of sp³-hybridized carbons (Fsp3) is 0.200. The molecule has 1 aromatic carbocycles. The number of benzene rings is 1. The van der Waals surface area contributed by atoms with E-state index in [-0.39, 0.29) is 27.2 Å². The van der Waals surface area contributed by atoms with Gasteiger partial charge >= 0.3 is 11.9 Å². The molecule has 0 aliphatic rings. The van der Waals surface area contributed by atoms with Gasteiger partial charge in [-0.25, -0.2) is 9.78 Å². The molecular formula is C15H12Cl2N2O5S. The highest BCUT2D eigenvalue weighted by Crippen LogP contribution is 2.20. The van der Waals surface area contributed by atoms with Gasteiger partial charge in [0.1, 0.15) is 0 Å². The van der Waals surface area contributed by atoms with Crippen LogP contribution in [0.15, 0.2) is 23.6 Å². The molecule has 0 saturated heterocycles. The van der Waals surface area contributed by atoms with Gasteiger partial charge < -0.3 is 9.47 Å². The predicted molar refractivity (Wildman–Crippen MR) is 93.2 cm³/mol. The maximum Gasteiger partial charge on any atom is 0.338 e. The van der Waals surface area contributed by atoms with E-state index in [4.69, 9.17) is 27.9 Å². The van der Waals surface area contributed by atoms with E-state index >= 15 is 0 Å². The average Bonchev–Trinajstić information content (AvgIpc) is 2.98. The Balaban J connectivity index is 1.86. The lowest BCUT2D eigenvalue weighted by Crippen LogP contribution is -2.21. The van der Waals surface area contributed by atoms with E-state index < -0.39 is 24.5 Å². The molecule has 0 spiro atoms. The molecule has 0 unspecified atom stereocenters. The number of aromatic nitrogens is 1. The summed E-state index contributed by atoms with van der Waals surface area (Å²) >= 11 is 12.7. The van der Waals surface area contributed by atoms with E-state index in [9.17, 15) is 14.4 Å². The minimum atomic E-state index is -0.731. The molecule has 1 heterocycles. The normalized spacial score (nSPS) is 10.2. The Hall–Kier alpha value is -2.16. The molecule has 0 atom stereocenters. The summed E-state index contributed by atoms with van der Waals surface area (Å²) in [7, 11) is 1.28. The molecule has 0 aliphatic carbocycles. The molecule has 0 radical (unpaired) electrons. The number of amides is 1. The third-order valence-electron chi connectivity index (χ3n) is 2.78. The van der Waals surface area contributed by atoms with Crippen LogP contribution in [0.25, 0.3) is 0 Å². The number of thiazole rings is 1. The molecule has 0 aliphatic heterocycles. The Labute approximate surface area is 156 Å². The highest BCUT2D eigenvalue weighted by atomic mass is 35.5. The maximum atomic E-state index is 11.9. The lowest BCUT2D eigenvalue weighted by atomic mass is 10.2. The highest BCUT2D eigenvalue weighted by Gasteiger charge is 2.14. The van der Waals surface area contributed by atoms with Crippen LogP contribution in [0.1, 0.15) is 16.1 Å². The molecule has 132 valence electrons. The lowest BCUT2D eigenvalue weighted by molar-refractivity contribution is -0.139. The van der Waals surface area contributed by atoms with Crippen molar-refractivity contribution in [2.75, 3.05) is 19.0 Å². The Morgan fingerprint density at radius 1 is 1.20 bits per heavy atom. The molecule has 0 fully saturated rings. The van der Waals surface area contributed by atoms with Gasteiger partial charge in [-0.05, 0) is 18.2 Å². The summed E-state index contributed by atoms with van der Waals surface area (Å²) in [5.74, 6) is -1.73. The zero-order chi connectivity index (χ0) is 18.4. The van der Waals surface area contributed by atoms with Crippen LogP contribution in [0, 0.1) is 0 Å². The van der Waals surface area contributed by atoms with Gasteiger partial charge in [-0.1, -0.05) is 23.2 Å². The van der Waals surface area contributed by atoms with Crippen molar-refractivity contribution in [3.8, 4) is 0 Å². The Morgan fingerprint density at radius 2 is 1.88 bits per heavy atom. The van der Waals surface area contributed by atoms with Crippen LogP contribution in [-0.4, -0.2) is 36.5 Å². The molecule has 2 aromatic rings. The first-order chi connectivity index (χ1) is 11.9. The van der Waals surface area contributed by atoms with Crippen molar-refractivity contribution in [2.24, 2.45) is 0 Å². The molecule has 1 amide bonds. The van der Waals surface area contributed by atoms with Crippen LogP contribution in [0.4, 0.5) is 5.13 Å². The molecule has 1 aromatic heterocycles. The number of hydrogen-bond donors (Lipinski definition) is 1. The van der Waals surface area contributed by atoms with Crippen molar-refractivity contribution in [1.82, 2.24) is 4.98 Å². The van der Waals surface area contributed by atoms with Gasteiger partial charge in [0.15, 0.2) is 11.7 Å². The molecule has 1 N–H and O–H groups in total. The zero-order valence-electron chi connectivity index (χ0n) is 12.9. The highest BCUT2D eigenvalue weighted by molar-refractivity contribution is 7.13. The number of rotatable bonds is 6. The third-order valence-corrected chi connectivity index (χ3v) is 4.03. The summed E-state index contributed by atoms with van der Waals surface area (Å²) in [6, 6.07) is 4.24. The zero-order valence-corrected chi connectivity index (χ0v) is 15.2. The number of hydrogen-bond acceptors (Lipinski definition) is 7. The smallest absolute Gasteiger partial charge is 0.338 e. The van der Waals surface area contributed by atoms with Crippen LogP contribution >= 0.6 is 34.5 Å². The first kappa shape index (κ1) is 19.2.